The van der Waals surface area contributed by atoms with Crippen LogP contribution in [0.2, 0.25) is 0 Å². The fourth-order valence-electron chi connectivity index (χ4n) is 2.08. The fraction of sp³-hybridized carbons (Fsp3) is 0.286. The molecule has 1 aromatic carbocycles. The van der Waals surface area contributed by atoms with Crippen LogP contribution in [0.15, 0.2) is 30.6 Å². The highest BCUT2D eigenvalue weighted by Gasteiger charge is 2.21. The summed E-state index contributed by atoms with van der Waals surface area (Å²) in [7, 11) is 0. The molecule has 0 bridgehead atoms. The van der Waals surface area contributed by atoms with Crippen LogP contribution in [-0.4, -0.2) is 15.6 Å². The SMILES string of the molecule is N#Cc1nccn1-c1c(F)cccc1CNC1CC1. The second kappa shape index (κ2) is 4.82. The number of nitrogens with zero attached hydrogens (tertiary/aromatic N) is 3. The average Bonchev–Trinajstić information content (AvgIpc) is 3.13. The summed E-state index contributed by atoms with van der Waals surface area (Å²) in [6, 6.07) is 7.48. The standard InChI is InChI=1S/C14H13FN4/c15-12-3-1-2-10(9-18-11-4-5-11)14(12)19-7-6-17-13(19)8-16/h1-3,6-7,11,18H,4-5,9H2. The van der Waals surface area contributed by atoms with Gasteiger partial charge in [0.2, 0.25) is 5.82 Å². The maximum absolute atomic E-state index is 14.1. The Bertz CT molecular complexity index is 637. The number of halogens is 1. The first-order valence-electron chi connectivity index (χ1n) is 6.24. The van der Waals surface area contributed by atoms with E-state index < -0.39 is 0 Å². The molecule has 1 saturated carbocycles. The zero-order valence-corrected chi connectivity index (χ0v) is 10.3. The van der Waals surface area contributed by atoms with Crippen molar-refractivity contribution in [3.8, 4) is 11.8 Å². The number of hydrogen-bond acceptors (Lipinski definition) is 3. The Balaban J connectivity index is 2.00. The topological polar surface area (TPSA) is 53.6 Å². The van der Waals surface area contributed by atoms with Gasteiger partial charge in [-0.1, -0.05) is 12.1 Å². The molecule has 1 aliphatic rings. The van der Waals surface area contributed by atoms with Gasteiger partial charge >= 0.3 is 0 Å². The summed E-state index contributed by atoms with van der Waals surface area (Å²) in [4.78, 5) is 3.92. The molecule has 0 unspecified atom stereocenters. The third-order valence-corrected chi connectivity index (χ3v) is 3.21. The predicted molar refractivity (Wildman–Crippen MR) is 68.1 cm³/mol. The molecular weight excluding hydrogens is 243 g/mol. The summed E-state index contributed by atoms with van der Waals surface area (Å²) >= 11 is 0. The highest BCUT2D eigenvalue weighted by Crippen LogP contribution is 2.23. The normalized spacial score (nSPS) is 14.3. The van der Waals surface area contributed by atoms with Crippen LogP contribution in [-0.2, 0) is 6.54 Å². The first-order chi connectivity index (χ1) is 9.29. The Kier molecular flexibility index (Phi) is 3.02. The molecule has 0 spiro atoms. The summed E-state index contributed by atoms with van der Waals surface area (Å²) in [6.07, 6.45) is 5.47. The number of para-hydroxylation sites is 1. The average molecular weight is 256 g/mol. The van der Waals surface area contributed by atoms with Gasteiger partial charge in [0.25, 0.3) is 0 Å². The lowest BCUT2D eigenvalue weighted by Gasteiger charge is -2.12. The van der Waals surface area contributed by atoms with Crippen LogP contribution in [0.1, 0.15) is 24.2 Å². The van der Waals surface area contributed by atoms with Crippen molar-refractivity contribution in [2.45, 2.75) is 25.4 Å². The Labute approximate surface area is 110 Å². The molecule has 2 aromatic rings. The summed E-state index contributed by atoms with van der Waals surface area (Å²) in [5.41, 5.74) is 1.24. The van der Waals surface area contributed by atoms with Gasteiger partial charge in [0.15, 0.2) is 0 Å². The number of nitrogens with one attached hydrogen (secondary N) is 1. The van der Waals surface area contributed by atoms with Crippen molar-refractivity contribution in [3.63, 3.8) is 0 Å². The van der Waals surface area contributed by atoms with E-state index in [-0.39, 0.29) is 11.6 Å². The Morgan fingerprint density at radius 1 is 1.47 bits per heavy atom. The minimum Gasteiger partial charge on any atom is -0.310 e. The maximum Gasteiger partial charge on any atom is 0.217 e. The van der Waals surface area contributed by atoms with Gasteiger partial charge in [-0.3, -0.25) is 4.57 Å². The minimum atomic E-state index is -0.343. The fourth-order valence-corrected chi connectivity index (χ4v) is 2.08. The van der Waals surface area contributed by atoms with Gasteiger partial charge in [-0.2, -0.15) is 5.26 Å². The lowest BCUT2D eigenvalue weighted by Crippen LogP contribution is -2.17. The molecule has 0 atom stereocenters. The number of nitriles is 1. The van der Waals surface area contributed by atoms with Crippen molar-refractivity contribution in [2.24, 2.45) is 0 Å². The first-order valence-corrected chi connectivity index (χ1v) is 6.24. The summed E-state index contributed by atoms with van der Waals surface area (Å²) in [5, 5.41) is 12.4. The first kappa shape index (κ1) is 11.9. The summed E-state index contributed by atoms with van der Waals surface area (Å²) < 4.78 is 15.6. The second-order valence-corrected chi connectivity index (χ2v) is 4.64. The molecule has 4 nitrogen and oxygen atoms in total. The van der Waals surface area contributed by atoms with Gasteiger partial charge in [-0.25, -0.2) is 9.37 Å². The molecule has 0 amide bonds. The quantitative estimate of drug-likeness (QED) is 0.911. The summed E-state index contributed by atoms with van der Waals surface area (Å²) in [5.74, 6) is -0.151. The van der Waals surface area contributed by atoms with Crippen LogP contribution >= 0.6 is 0 Å². The molecule has 5 heteroatoms. The van der Waals surface area contributed by atoms with E-state index in [0.717, 1.165) is 5.56 Å². The molecule has 1 heterocycles. The Hall–Kier alpha value is -2.19. The highest BCUT2D eigenvalue weighted by molar-refractivity contribution is 5.45. The van der Waals surface area contributed by atoms with Crippen molar-refractivity contribution in [1.82, 2.24) is 14.9 Å². The van der Waals surface area contributed by atoms with Crippen molar-refractivity contribution in [2.75, 3.05) is 0 Å². The zero-order chi connectivity index (χ0) is 13.2. The minimum absolute atomic E-state index is 0.192. The van der Waals surface area contributed by atoms with Crippen molar-refractivity contribution >= 4 is 0 Å². The van der Waals surface area contributed by atoms with E-state index in [0.29, 0.717) is 18.3 Å². The number of imidazole rings is 1. The van der Waals surface area contributed by atoms with E-state index in [1.165, 1.54) is 29.7 Å². The Morgan fingerprint density at radius 3 is 3.05 bits per heavy atom. The van der Waals surface area contributed by atoms with E-state index in [1.54, 1.807) is 12.3 Å². The molecule has 19 heavy (non-hydrogen) atoms. The van der Waals surface area contributed by atoms with Gasteiger partial charge in [-0.05, 0) is 24.5 Å². The van der Waals surface area contributed by atoms with E-state index in [2.05, 4.69) is 10.3 Å². The van der Waals surface area contributed by atoms with Crippen LogP contribution < -0.4 is 5.32 Å². The van der Waals surface area contributed by atoms with Crippen molar-refractivity contribution < 1.29 is 4.39 Å². The van der Waals surface area contributed by atoms with E-state index in [4.69, 9.17) is 5.26 Å². The third-order valence-electron chi connectivity index (χ3n) is 3.21. The maximum atomic E-state index is 14.1. The molecule has 1 aliphatic carbocycles. The number of aromatic nitrogens is 2. The van der Waals surface area contributed by atoms with E-state index in [9.17, 15) is 4.39 Å². The second-order valence-electron chi connectivity index (χ2n) is 4.64. The largest absolute Gasteiger partial charge is 0.310 e. The Morgan fingerprint density at radius 2 is 2.32 bits per heavy atom. The number of rotatable bonds is 4. The van der Waals surface area contributed by atoms with Crippen LogP contribution in [0.3, 0.4) is 0 Å². The van der Waals surface area contributed by atoms with Gasteiger partial charge in [0.1, 0.15) is 11.9 Å². The van der Waals surface area contributed by atoms with Crippen LogP contribution in [0.4, 0.5) is 4.39 Å². The molecule has 1 aromatic heterocycles. The molecule has 1 fully saturated rings. The van der Waals surface area contributed by atoms with Crippen molar-refractivity contribution in [1.29, 1.82) is 5.26 Å². The van der Waals surface area contributed by atoms with Gasteiger partial charge in [0.05, 0.1) is 5.69 Å². The molecule has 1 N–H and O–H groups in total. The number of hydrogen-bond donors (Lipinski definition) is 1. The van der Waals surface area contributed by atoms with E-state index >= 15 is 0 Å². The van der Waals surface area contributed by atoms with Crippen molar-refractivity contribution in [3.05, 3.63) is 47.8 Å². The molecule has 0 saturated heterocycles. The van der Waals surface area contributed by atoms with Crippen LogP contribution in [0.25, 0.3) is 5.69 Å². The van der Waals surface area contributed by atoms with Gasteiger partial charge in [-0.15, -0.1) is 0 Å². The number of benzene rings is 1. The predicted octanol–water partition coefficient (Wildman–Crippen LogP) is 2.14. The van der Waals surface area contributed by atoms with Gasteiger partial charge in [0, 0.05) is 25.0 Å². The zero-order valence-electron chi connectivity index (χ0n) is 10.3. The lowest BCUT2D eigenvalue weighted by atomic mass is 10.1. The molecule has 3 rings (SSSR count). The van der Waals surface area contributed by atoms with Crippen LogP contribution in [0, 0.1) is 17.1 Å². The van der Waals surface area contributed by atoms with Crippen LogP contribution in [0.5, 0.6) is 0 Å². The molecule has 0 radical (unpaired) electrons. The third kappa shape index (κ3) is 2.35. The summed E-state index contributed by atoms with van der Waals surface area (Å²) in [6.45, 7) is 0.598. The van der Waals surface area contributed by atoms with Gasteiger partial charge < -0.3 is 5.32 Å². The molecule has 0 aliphatic heterocycles. The van der Waals surface area contributed by atoms with E-state index in [1.807, 2.05) is 12.1 Å². The lowest BCUT2D eigenvalue weighted by molar-refractivity contribution is 0.607. The molecular formula is C14H13FN4. The highest BCUT2D eigenvalue weighted by atomic mass is 19.1. The monoisotopic (exact) mass is 256 g/mol. The smallest absolute Gasteiger partial charge is 0.217 e. The molecule has 96 valence electrons.